The second-order valence-electron chi connectivity index (χ2n) is 6.83. The molecular formula is C21H25N3O. The van der Waals surface area contributed by atoms with E-state index in [1.807, 2.05) is 6.07 Å². The van der Waals surface area contributed by atoms with Crippen LogP contribution in [0.5, 0.6) is 0 Å². The second-order valence-corrected chi connectivity index (χ2v) is 6.83. The van der Waals surface area contributed by atoms with Gasteiger partial charge < -0.3 is 14.6 Å². The number of aromatic nitrogens is 2. The first-order valence-corrected chi connectivity index (χ1v) is 9.10. The molecule has 4 rings (SSSR count). The second kappa shape index (κ2) is 7.38. The summed E-state index contributed by atoms with van der Waals surface area (Å²) < 4.78 is 7.71. The van der Waals surface area contributed by atoms with Crippen molar-refractivity contribution in [2.45, 2.75) is 18.9 Å². The number of benzene rings is 2. The summed E-state index contributed by atoms with van der Waals surface area (Å²) in [5.41, 5.74) is 3.47. The van der Waals surface area contributed by atoms with Crippen LogP contribution in [0.4, 0.5) is 0 Å². The summed E-state index contributed by atoms with van der Waals surface area (Å²) in [7, 11) is 2.10. The maximum Gasteiger partial charge on any atom is 0.131 e. The van der Waals surface area contributed by atoms with Gasteiger partial charge in [-0.15, -0.1) is 0 Å². The molecule has 130 valence electrons. The highest BCUT2D eigenvalue weighted by Crippen LogP contribution is 2.25. The Hall–Kier alpha value is -2.17. The summed E-state index contributed by atoms with van der Waals surface area (Å²) in [4.78, 5) is 4.92. The molecule has 0 saturated carbocycles. The van der Waals surface area contributed by atoms with Gasteiger partial charge >= 0.3 is 0 Å². The van der Waals surface area contributed by atoms with Gasteiger partial charge in [0.2, 0.25) is 0 Å². The molecule has 4 heteroatoms. The van der Waals surface area contributed by atoms with Crippen LogP contribution in [0, 0.1) is 5.92 Å². The van der Waals surface area contributed by atoms with Crippen LogP contribution in [0.3, 0.4) is 0 Å². The molecule has 4 nitrogen and oxygen atoms in total. The van der Waals surface area contributed by atoms with E-state index in [1.54, 1.807) is 0 Å². The highest BCUT2D eigenvalue weighted by molar-refractivity contribution is 5.76. The Morgan fingerprint density at radius 3 is 2.72 bits per heavy atom. The molecule has 0 unspecified atom stereocenters. The molecule has 0 amide bonds. The highest BCUT2D eigenvalue weighted by atomic mass is 16.5. The van der Waals surface area contributed by atoms with E-state index in [9.17, 15) is 0 Å². The van der Waals surface area contributed by atoms with E-state index in [0.717, 1.165) is 37.5 Å². The number of hydrogen-bond donors (Lipinski definition) is 1. The molecule has 0 radical (unpaired) electrons. The van der Waals surface area contributed by atoms with E-state index in [-0.39, 0.29) is 6.04 Å². The third kappa shape index (κ3) is 3.46. The zero-order chi connectivity index (χ0) is 17.1. The molecule has 2 atom stereocenters. The normalized spacial score (nSPS) is 18.7. The van der Waals surface area contributed by atoms with Crippen molar-refractivity contribution in [1.29, 1.82) is 0 Å². The molecule has 1 aromatic heterocycles. The van der Waals surface area contributed by atoms with Crippen LogP contribution in [0.15, 0.2) is 54.6 Å². The number of rotatable bonds is 6. The van der Waals surface area contributed by atoms with Gasteiger partial charge in [-0.2, -0.15) is 0 Å². The van der Waals surface area contributed by atoms with Gasteiger partial charge in [-0.1, -0.05) is 42.5 Å². The fourth-order valence-electron chi connectivity index (χ4n) is 3.67. The summed E-state index contributed by atoms with van der Waals surface area (Å²) >= 11 is 0. The van der Waals surface area contributed by atoms with Crippen molar-refractivity contribution in [3.63, 3.8) is 0 Å². The number of nitrogens with one attached hydrogen (secondary N) is 1. The molecular weight excluding hydrogens is 310 g/mol. The number of imidazole rings is 1. The third-order valence-electron chi connectivity index (χ3n) is 5.14. The SMILES string of the molecule is Cn1c([C@@H](NCC[C@H]2CCOC2)c2ccccc2)nc2ccccc21. The monoisotopic (exact) mass is 335 g/mol. The third-order valence-corrected chi connectivity index (χ3v) is 5.14. The van der Waals surface area contributed by atoms with Gasteiger partial charge in [0.1, 0.15) is 5.82 Å². The molecule has 1 aliphatic heterocycles. The zero-order valence-corrected chi connectivity index (χ0v) is 14.7. The number of aryl methyl sites for hydroxylation is 1. The van der Waals surface area contributed by atoms with Crippen LogP contribution in [0.25, 0.3) is 11.0 Å². The van der Waals surface area contributed by atoms with Crippen molar-refractivity contribution < 1.29 is 4.74 Å². The van der Waals surface area contributed by atoms with Crippen LogP contribution in [0.1, 0.15) is 30.3 Å². The van der Waals surface area contributed by atoms with Crippen LogP contribution < -0.4 is 5.32 Å². The number of nitrogens with zero attached hydrogens (tertiary/aromatic N) is 2. The lowest BCUT2D eigenvalue weighted by Crippen LogP contribution is -2.27. The Labute approximate surface area is 148 Å². The molecule has 0 aliphatic carbocycles. The maximum absolute atomic E-state index is 5.50. The minimum atomic E-state index is 0.0981. The average molecular weight is 335 g/mol. The summed E-state index contributed by atoms with van der Waals surface area (Å²) in [6.45, 7) is 2.79. The Kier molecular flexibility index (Phi) is 4.81. The molecule has 1 N–H and O–H groups in total. The summed E-state index contributed by atoms with van der Waals surface area (Å²) in [5.74, 6) is 1.75. The minimum absolute atomic E-state index is 0.0981. The van der Waals surface area contributed by atoms with Gasteiger partial charge in [-0.3, -0.25) is 0 Å². The van der Waals surface area contributed by atoms with Gasteiger partial charge in [0, 0.05) is 20.3 Å². The Bertz CT molecular complexity index is 822. The quantitative estimate of drug-likeness (QED) is 0.747. The van der Waals surface area contributed by atoms with Crippen molar-refractivity contribution in [2.75, 3.05) is 19.8 Å². The highest BCUT2D eigenvalue weighted by Gasteiger charge is 2.21. The van der Waals surface area contributed by atoms with E-state index in [0.29, 0.717) is 5.92 Å². The number of ether oxygens (including phenoxy) is 1. The largest absolute Gasteiger partial charge is 0.381 e. The average Bonchev–Trinajstić information content (AvgIpc) is 3.28. The lowest BCUT2D eigenvalue weighted by Gasteiger charge is -2.20. The van der Waals surface area contributed by atoms with E-state index in [2.05, 4.69) is 65.5 Å². The molecule has 1 aliphatic rings. The van der Waals surface area contributed by atoms with Crippen molar-refractivity contribution in [3.8, 4) is 0 Å². The number of para-hydroxylation sites is 2. The first-order chi connectivity index (χ1) is 12.3. The molecule has 2 heterocycles. The first-order valence-electron chi connectivity index (χ1n) is 9.10. The van der Waals surface area contributed by atoms with E-state index in [1.165, 1.54) is 17.5 Å². The van der Waals surface area contributed by atoms with Crippen LogP contribution in [-0.2, 0) is 11.8 Å². The van der Waals surface area contributed by atoms with Gasteiger partial charge in [-0.25, -0.2) is 4.98 Å². The standard InChI is InChI=1S/C21H25N3O/c1-24-19-10-6-5-9-18(19)23-21(24)20(17-7-3-2-4-8-17)22-13-11-16-12-14-25-15-16/h2-10,16,20,22H,11-15H2,1H3/t16-,20-/m0/s1. The fourth-order valence-corrected chi connectivity index (χ4v) is 3.67. The summed E-state index contributed by atoms with van der Waals surface area (Å²) in [5, 5.41) is 3.74. The fraction of sp³-hybridized carbons (Fsp3) is 0.381. The van der Waals surface area contributed by atoms with E-state index in [4.69, 9.17) is 9.72 Å². The van der Waals surface area contributed by atoms with Gasteiger partial charge in [-0.05, 0) is 43.0 Å². The Morgan fingerprint density at radius 2 is 1.96 bits per heavy atom. The van der Waals surface area contributed by atoms with E-state index < -0.39 is 0 Å². The topological polar surface area (TPSA) is 39.1 Å². The minimum Gasteiger partial charge on any atom is -0.381 e. The maximum atomic E-state index is 5.50. The molecule has 0 spiro atoms. The van der Waals surface area contributed by atoms with Crippen LogP contribution in [0.2, 0.25) is 0 Å². The van der Waals surface area contributed by atoms with Crippen molar-refractivity contribution in [2.24, 2.45) is 13.0 Å². The smallest absolute Gasteiger partial charge is 0.131 e. The zero-order valence-electron chi connectivity index (χ0n) is 14.7. The van der Waals surface area contributed by atoms with E-state index >= 15 is 0 Å². The van der Waals surface area contributed by atoms with Crippen LogP contribution in [-0.4, -0.2) is 29.3 Å². The molecule has 1 saturated heterocycles. The lowest BCUT2D eigenvalue weighted by atomic mass is 10.0. The Morgan fingerprint density at radius 1 is 1.16 bits per heavy atom. The predicted molar refractivity (Wildman–Crippen MR) is 101 cm³/mol. The summed E-state index contributed by atoms with van der Waals surface area (Å²) in [6.07, 6.45) is 2.33. The predicted octanol–water partition coefficient (Wildman–Crippen LogP) is 3.68. The van der Waals surface area contributed by atoms with Gasteiger partial charge in [0.25, 0.3) is 0 Å². The van der Waals surface area contributed by atoms with Crippen LogP contribution >= 0.6 is 0 Å². The van der Waals surface area contributed by atoms with Crippen molar-refractivity contribution in [1.82, 2.24) is 14.9 Å². The molecule has 3 aromatic rings. The molecule has 0 bridgehead atoms. The summed E-state index contributed by atoms with van der Waals surface area (Å²) in [6, 6.07) is 19.0. The molecule has 25 heavy (non-hydrogen) atoms. The number of hydrogen-bond acceptors (Lipinski definition) is 3. The molecule has 1 fully saturated rings. The van der Waals surface area contributed by atoms with Crippen molar-refractivity contribution in [3.05, 3.63) is 66.0 Å². The molecule has 2 aromatic carbocycles. The van der Waals surface area contributed by atoms with Gasteiger partial charge in [0.15, 0.2) is 0 Å². The van der Waals surface area contributed by atoms with Crippen molar-refractivity contribution >= 4 is 11.0 Å². The van der Waals surface area contributed by atoms with Gasteiger partial charge in [0.05, 0.1) is 17.1 Å². The number of fused-ring (bicyclic) bond motifs is 1. The lowest BCUT2D eigenvalue weighted by molar-refractivity contribution is 0.184. The first kappa shape index (κ1) is 16.3. The Balaban J connectivity index is 1.61.